The van der Waals surface area contributed by atoms with Gasteiger partial charge in [0.1, 0.15) is 10.9 Å². The molecule has 0 saturated heterocycles. The molecule has 1 aliphatic rings. The first-order valence-corrected chi connectivity index (χ1v) is 12.7. The van der Waals surface area contributed by atoms with Gasteiger partial charge in [0.2, 0.25) is 11.8 Å². The van der Waals surface area contributed by atoms with Gasteiger partial charge in [-0.2, -0.15) is 0 Å². The number of carbonyl (C=O) groups is 3. The number of carbonyl (C=O) groups excluding carboxylic acids is 3. The maximum atomic E-state index is 13.2. The largest absolute Gasteiger partial charge is 0.350 e. The molecule has 0 aliphatic carbocycles. The van der Waals surface area contributed by atoms with Crippen molar-refractivity contribution in [3.8, 4) is 0 Å². The van der Waals surface area contributed by atoms with E-state index in [1.165, 1.54) is 17.0 Å². The second-order valence-electron chi connectivity index (χ2n) is 9.40. The lowest BCUT2D eigenvalue weighted by molar-refractivity contribution is -0.141. The Kier molecular flexibility index (Phi) is 7.45. The average Bonchev–Trinajstić information content (AvgIpc) is 2.97. The van der Waals surface area contributed by atoms with Gasteiger partial charge in [-0.05, 0) is 51.8 Å². The monoisotopic (exact) mass is 485 g/mol. The van der Waals surface area contributed by atoms with E-state index in [0.717, 1.165) is 9.87 Å². The standard InChI is InChI=1S/C25H31N3O5S/c1-18(23(30)26-25(2,3)4)27(17-19-11-6-5-7-12-19)22(29)15-10-16-28-24(31)20-13-8-9-14-21(20)34(28,32)33/h5-9,11-14,18H,10,15-17H2,1-4H3,(H,26,30). The Morgan fingerprint density at radius 1 is 1.03 bits per heavy atom. The minimum absolute atomic E-state index is 0.00435. The zero-order valence-corrected chi connectivity index (χ0v) is 20.8. The average molecular weight is 486 g/mol. The van der Waals surface area contributed by atoms with Gasteiger partial charge in [0.05, 0.1) is 5.56 Å². The van der Waals surface area contributed by atoms with Crippen LogP contribution in [-0.4, -0.2) is 53.5 Å². The van der Waals surface area contributed by atoms with Gasteiger partial charge < -0.3 is 10.2 Å². The van der Waals surface area contributed by atoms with Crippen molar-refractivity contribution in [2.24, 2.45) is 0 Å². The van der Waals surface area contributed by atoms with E-state index < -0.39 is 27.5 Å². The highest BCUT2D eigenvalue weighted by molar-refractivity contribution is 7.90. The number of rotatable bonds is 8. The summed E-state index contributed by atoms with van der Waals surface area (Å²) < 4.78 is 26.3. The van der Waals surface area contributed by atoms with E-state index in [9.17, 15) is 22.8 Å². The van der Waals surface area contributed by atoms with Gasteiger partial charge >= 0.3 is 0 Å². The molecule has 0 spiro atoms. The fourth-order valence-electron chi connectivity index (χ4n) is 3.81. The van der Waals surface area contributed by atoms with E-state index in [1.807, 2.05) is 51.1 Å². The second-order valence-corrected chi connectivity index (χ2v) is 11.2. The van der Waals surface area contributed by atoms with Gasteiger partial charge in [0.15, 0.2) is 0 Å². The molecule has 0 bridgehead atoms. The fraction of sp³-hybridized carbons (Fsp3) is 0.400. The molecular weight excluding hydrogens is 454 g/mol. The molecule has 9 heteroatoms. The molecule has 2 aromatic rings. The summed E-state index contributed by atoms with van der Waals surface area (Å²) in [6.45, 7) is 7.41. The molecule has 0 fully saturated rings. The van der Waals surface area contributed by atoms with E-state index in [1.54, 1.807) is 19.1 Å². The summed E-state index contributed by atoms with van der Waals surface area (Å²) >= 11 is 0. The van der Waals surface area contributed by atoms with Crippen LogP contribution < -0.4 is 5.32 Å². The molecule has 182 valence electrons. The highest BCUT2D eigenvalue weighted by Crippen LogP contribution is 2.30. The van der Waals surface area contributed by atoms with E-state index >= 15 is 0 Å². The zero-order valence-electron chi connectivity index (χ0n) is 19.9. The molecule has 34 heavy (non-hydrogen) atoms. The summed E-state index contributed by atoms with van der Waals surface area (Å²) in [6, 6.07) is 14.7. The topological polar surface area (TPSA) is 104 Å². The molecule has 8 nitrogen and oxygen atoms in total. The van der Waals surface area contributed by atoms with Crippen molar-refractivity contribution in [2.45, 2.75) is 63.6 Å². The number of benzene rings is 2. The molecule has 3 amide bonds. The van der Waals surface area contributed by atoms with Crippen molar-refractivity contribution in [1.29, 1.82) is 0 Å². The second kappa shape index (κ2) is 9.97. The Hall–Kier alpha value is -3.20. The van der Waals surface area contributed by atoms with Gasteiger partial charge in [-0.25, -0.2) is 12.7 Å². The summed E-state index contributed by atoms with van der Waals surface area (Å²) in [4.78, 5) is 40.1. The highest BCUT2D eigenvalue weighted by Gasteiger charge is 2.40. The molecule has 1 aliphatic heterocycles. The quantitative estimate of drug-likeness (QED) is 0.619. The molecule has 1 N–H and O–H groups in total. The summed E-state index contributed by atoms with van der Waals surface area (Å²) in [5.41, 5.74) is 0.567. The Morgan fingerprint density at radius 2 is 1.65 bits per heavy atom. The van der Waals surface area contributed by atoms with Crippen LogP contribution in [0.4, 0.5) is 0 Å². The Bertz CT molecular complexity index is 1170. The molecule has 2 aromatic carbocycles. The number of nitrogens with zero attached hydrogens (tertiary/aromatic N) is 2. The van der Waals surface area contributed by atoms with E-state index in [2.05, 4.69) is 5.32 Å². The SMILES string of the molecule is CC(C(=O)NC(C)(C)C)N(Cc1ccccc1)C(=O)CCCN1C(=O)c2ccccc2S1(=O)=O. The first kappa shape index (κ1) is 25.4. The highest BCUT2D eigenvalue weighted by atomic mass is 32.2. The van der Waals surface area contributed by atoms with Gasteiger partial charge in [-0.3, -0.25) is 14.4 Å². The summed E-state index contributed by atoms with van der Waals surface area (Å²) in [5.74, 6) is -1.14. The van der Waals surface area contributed by atoms with Gasteiger partial charge in [0, 0.05) is 25.0 Å². The Morgan fingerprint density at radius 3 is 2.26 bits per heavy atom. The minimum Gasteiger partial charge on any atom is -0.350 e. The molecule has 0 radical (unpaired) electrons. The molecule has 3 rings (SSSR count). The number of nitrogens with one attached hydrogen (secondary N) is 1. The maximum Gasteiger partial charge on any atom is 0.269 e. The van der Waals surface area contributed by atoms with Crippen LogP contribution in [0.15, 0.2) is 59.5 Å². The first-order valence-electron chi connectivity index (χ1n) is 11.2. The van der Waals surface area contributed by atoms with Gasteiger partial charge in [-0.15, -0.1) is 0 Å². The number of amides is 3. The van der Waals surface area contributed by atoms with Crippen molar-refractivity contribution < 1.29 is 22.8 Å². The van der Waals surface area contributed by atoms with Crippen molar-refractivity contribution in [3.63, 3.8) is 0 Å². The Balaban J connectivity index is 1.70. The predicted octanol–water partition coefficient (Wildman–Crippen LogP) is 2.94. The fourth-order valence-corrected chi connectivity index (χ4v) is 5.41. The van der Waals surface area contributed by atoms with Crippen LogP contribution in [0.1, 0.15) is 56.5 Å². The molecule has 0 aromatic heterocycles. The molecule has 1 heterocycles. The lowest BCUT2D eigenvalue weighted by Gasteiger charge is -2.31. The summed E-state index contributed by atoms with van der Waals surface area (Å²) in [5, 5.41) is 2.90. The normalized spacial score (nSPS) is 15.5. The van der Waals surface area contributed by atoms with Crippen LogP contribution in [0.5, 0.6) is 0 Å². The number of hydrogen-bond acceptors (Lipinski definition) is 5. The third kappa shape index (κ3) is 5.64. The van der Waals surface area contributed by atoms with Crippen molar-refractivity contribution in [3.05, 3.63) is 65.7 Å². The minimum atomic E-state index is -3.92. The molecule has 0 saturated carbocycles. The van der Waals surface area contributed by atoms with Crippen molar-refractivity contribution in [1.82, 2.24) is 14.5 Å². The van der Waals surface area contributed by atoms with E-state index in [-0.39, 0.29) is 48.2 Å². The molecular formula is C25H31N3O5S. The summed E-state index contributed by atoms with van der Waals surface area (Å²) in [7, 11) is -3.92. The number of sulfonamides is 1. The lowest BCUT2D eigenvalue weighted by Crippen LogP contribution is -2.52. The molecule has 1 unspecified atom stereocenters. The van der Waals surface area contributed by atoms with Crippen LogP contribution in [0.3, 0.4) is 0 Å². The molecule has 1 atom stereocenters. The third-order valence-corrected chi connectivity index (χ3v) is 7.37. The summed E-state index contributed by atoms with van der Waals surface area (Å²) in [6.07, 6.45) is 0.145. The van der Waals surface area contributed by atoms with Crippen LogP contribution in [0.25, 0.3) is 0 Å². The van der Waals surface area contributed by atoms with E-state index in [0.29, 0.717) is 0 Å². The predicted molar refractivity (Wildman–Crippen MR) is 128 cm³/mol. The van der Waals surface area contributed by atoms with Crippen LogP contribution in [-0.2, 0) is 26.2 Å². The number of fused-ring (bicyclic) bond motifs is 1. The van der Waals surface area contributed by atoms with E-state index in [4.69, 9.17) is 0 Å². The maximum absolute atomic E-state index is 13.2. The van der Waals surface area contributed by atoms with Crippen LogP contribution in [0, 0.1) is 0 Å². The van der Waals surface area contributed by atoms with Crippen LogP contribution in [0.2, 0.25) is 0 Å². The number of hydrogen-bond donors (Lipinski definition) is 1. The van der Waals surface area contributed by atoms with Gasteiger partial charge in [0.25, 0.3) is 15.9 Å². The van der Waals surface area contributed by atoms with Gasteiger partial charge in [-0.1, -0.05) is 42.5 Å². The van der Waals surface area contributed by atoms with Crippen molar-refractivity contribution >= 4 is 27.7 Å². The first-order chi connectivity index (χ1) is 15.9. The van der Waals surface area contributed by atoms with Crippen LogP contribution >= 0.6 is 0 Å². The lowest BCUT2D eigenvalue weighted by atomic mass is 10.1. The zero-order chi connectivity index (χ0) is 25.1. The third-order valence-electron chi connectivity index (χ3n) is 5.53. The smallest absolute Gasteiger partial charge is 0.269 e. The Labute approximate surface area is 201 Å². The van der Waals surface area contributed by atoms with Crippen molar-refractivity contribution in [2.75, 3.05) is 6.54 Å².